The lowest BCUT2D eigenvalue weighted by atomic mass is 10.2. The predicted molar refractivity (Wildman–Crippen MR) is 52.2 cm³/mol. The van der Waals surface area contributed by atoms with Crippen LogP contribution in [0.1, 0.15) is 20.3 Å². The zero-order chi connectivity index (χ0) is 7.56. The number of rotatable bonds is 4. The van der Waals surface area contributed by atoms with E-state index in [2.05, 4.69) is 26.5 Å². The summed E-state index contributed by atoms with van der Waals surface area (Å²) in [6, 6.07) is 0. The summed E-state index contributed by atoms with van der Waals surface area (Å²) >= 11 is 0. The van der Waals surface area contributed by atoms with Crippen molar-refractivity contribution in [3.05, 3.63) is 12.7 Å². The smallest absolute Gasteiger partial charge is 0.00644 e. The second kappa shape index (κ2) is 3.47. The Bertz CT molecular complexity index is 120. The van der Waals surface area contributed by atoms with Crippen LogP contribution in [0.5, 0.6) is 0 Å². The van der Waals surface area contributed by atoms with Gasteiger partial charge in [-0.3, -0.25) is 0 Å². The molecule has 0 radical (unpaired) electrons. The van der Waals surface area contributed by atoms with Gasteiger partial charge in [-0.1, -0.05) is 19.9 Å². The van der Waals surface area contributed by atoms with Crippen LogP contribution in [0, 0.1) is 5.92 Å². The highest BCUT2D eigenvalue weighted by molar-refractivity contribution is 8.23. The monoisotopic (exact) mass is 158 g/mol. The average Bonchev–Trinajstić information content (AvgIpc) is 2.67. The molecule has 1 aliphatic heterocycles. The first-order chi connectivity index (χ1) is 4.77. The van der Waals surface area contributed by atoms with Gasteiger partial charge in [-0.05, 0) is 29.1 Å². The van der Waals surface area contributed by atoms with Gasteiger partial charge in [-0.25, -0.2) is 10.9 Å². The molecular formula is C9H18S. The van der Waals surface area contributed by atoms with E-state index in [1.54, 1.807) is 5.75 Å². The van der Waals surface area contributed by atoms with E-state index in [0.717, 1.165) is 11.2 Å². The maximum Gasteiger partial charge on any atom is -0.00644 e. The molecule has 60 valence electrons. The van der Waals surface area contributed by atoms with Crippen LogP contribution < -0.4 is 0 Å². The Morgan fingerprint density at radius 1 is 1.80 bits per heavy atom. The fraction of sp³-hybridized carbons (Fsp3) is 0.778. The Balaban J connectivity index is 2.11. The van der Waals surface area contributed by atoms with Gasteiger partial charge in [-0.2, -0.15) is 0 Å². The summed E-state index contributed by atoms with van der Waals surface area (Å²) in [4.78, 5) is 0. The lowest BCUT2D eigenvalue weighted by Gasteiger charge is -2.05. The van der Waals surface area contributed by atoms with E-state index in [4.69, 9.17) is 0 Å². The van der Waals surface area contributed by atoms with Crippen LogP contribution in [0.4, 0.5) is 0 Å². The summed E-state index contributed by atoms with van der Waals surface area (Å²) < 4.78 is 0. The molecule has 0 aromatic carbocycles. The Hall–Kier alpha value is 0.0900. The van der Waals surface area contributed by atoms with Crippen molar-refractivity contribution in [2.75, 3.05) is 11.5 Å². The van der Waals surface area contributed by atoms with Gasteiger partial charge in [0, 0.05) is 0 Å². The molecule has 0 spiro atoms. The highest BCUT2D eigenvalue weighted by atomic mass is 32.2. The van der Waals surface area contributed by atoms with E-state index >= 15 is 0 Å². The summed E-state index contributed by atoms with van der Waals surface area (Å²) in [7, 11) is 0.470. The maximum absolute atomic E-state index is 3.80. The number of hydrogen-bond donors (Lipinski definition) is 1. The van der Waals surface area contributed by atoms with Gasteiger partial charge in [0.2, 0.25) is 0 Å². The summed E-state index contributed by atoms with van der Waals surface area (Å²) in [5.41, 5.74) is 0. The van der Waals surface area contributed by atoms with Crippen molar-refractivity contribution >= 4 is 10.9 Å². The zero-order valence-corrected chi connectivity index (χ0v) is 7.90. The van der Waals surface area contributed by atoms with E-state index < -0.39 is 0 Å². The lowest BCUT2D eigenvalue weighted by molar-refractivity contribution is 0.848. The molecule has 1 heteroatoms. The van der Waals surface area contributed by atoms with Crippen LogP contribution in [-0.4, -0.2) is 16.8 Å². The molecule has 1 rings (SSSR count). The van der Waals surface area contributed by atoms with Crippen LogP contribution in [0.25, 0.3) is 0 Å². The third-order valence-corrected chi connectivity index (χ3v) is 5.29. The number of allylic oxidation sites excluding steroid dienone is 1. The summed E-state index contributed by atoms with van der Waals surface area (Å²) in [6.45, 7) is 8.39. The largest absolute Gasteiger partial charge is 0.248 e. The molecule has 1 aliphatic rings. The molecule has 0 saturated carbocycles. The predicted octanol–water partition coefficient (Wildman–Crippen LogP) is 2.60. The van der Waals surface area contributed by atoms with Crippen molar-refractivity contribution in [2.45, 2.75) is 25.5 Å². The molecule has 0 aromatic rings. The maximum atomic E-state index is 3.80. The molecule has 3 atom stereocenters. The minimum atomic E-state index is 0.470. The van der Waals surface area contributed by atoms with Crippen molar-refractivity contribution in [3.8, 4) is 0 Å². The molecule has 0 amide bonds. The lowest BCUT2D eigenvalue weighted by Crippen LogP contribution is -1.92. The van der Waals surface area contributed by atoms with Crippen LogP contribution in [0.15, 0.2) is 12.7 Å². The average molecular weight is 158 g/mol. The second-order valence-corrected chi connectivity index (χ2v) is 5.87. The Morgan fingerprint density at radius 3 is 2.90 bits per heavy atom. The first-order valence-corrected chi connectivity index (χ1v) is 5.92. The van der Waals surface area contributed by atoms with Crippen molar-refractivity contribution in [2.24, 2.45) is 5.92 Å². The quantitative estimate of drug-likeness (QED) is 0.363. The van der Waals surface area contributed by atoms with Crippen molar-refractivity contribution in [3.63, 3.8) is 0 Å². The van der Waals surface area contributed by atoms with E-state index in [0.29, 0.717) is 10.9 Å². The highest BCUT2D eigenvalue weighted by Gasteiger charge is 2.31. The zero-order valence-electron chi connectivity index (χ0n) is 7.01. The molecule has 1 fully saturated rings. The van der Waals surface area contributed by atoms with Crippen LogP contribution >= 0.6 is 10.9 Å². The highest BCUT2D eigenvalue weighted by Crippen LogP contribution is 2.52. The molecule has 0 N–H and O–H groups in total. The minimum Gasteiger partial charge on any atom is -0.248 e. The van der Waals surface area contributed by atoms with Crippen LogP contribution in [-0.2, 0) is 0 Å². The molecule has 0 aliphatic carbocycles. The van der Waals surface area contributed by atoms with Crippen LogP contribution in [0.2, 0.25) is 0 Å². The van der Waals surface area contributed by atoms with E-state index in [-0.39, 0.29) is 0 Å². The van der Waals surface area contributed by atoms with Gasteiger partial charge < -0.3 is 0 Å². The van der Waals surface area contributed by atoms with E-state index in [1.165, 1.54) is 12.2 Å². The minimum absolute atomic E-state index is 0.470. The molecule has 0 bridgehead atoms. The van der Waals surface area contributed by atoms with Gasteiger partial charge in [0.25, 0.3) is 0 Å². The summed E-state index contributed by atoms with van der Waals surface area (Å²) in [5, 5.41) is 1.12. The van der Waals surface area contributed by atoms with Crippen molar-refractivity contribution < 1.29 is 0 Å². The van der Waals surface area contributed by atoms with Crippen LogP contribution in [0.3, 0.4) is 0 Å². The number of thiol groups is 1. The third-order valence-electron chi connectivity index (χ3n) is 2.22. The van der Waals surface area contributed by atoms with Gasteiger partial charge in [0.1, 0.15) is 0 Å². The number of hydrogen-bond acceptors (Lipinski definition) is 0. The summed E-state index contributed by atoms with van der Waals surface area (Å²) in [5.74, 6) is 3.75. The van der Waals surface area contributed by atoms with Crippen molar-refractivity contribution in [1.82, 2.24) is 0 Å². The second-order valence-electron chi connectivity index (χ2n) is 3.23. The SMILES string of the molecule is C=CC(C)C[SH]1CC1CC. The molecule has 0 aromatic heterocycles. The molecule has 10 heavy (non-hydrogen) atoms. The van der Waals surface area contributed by atoms with Gasteiger partial charge in [0.05, 0.1) is 0 Å². The molecule has 0 nitrogen and oxygen atoms in total. The Labute approximate surface area is 67.1 Å². The molecule has 1 saturated heterocycles. The van der Waals surface area contributed by atoms with E-state index in [9.17, 15) is 0 Å². The first kappa shape index (κ1) is 8.19. The van der Waals surface area contributed by atoms with Gasteiger partial charge in [0.15, 0.2) is 0 Å². The van der Waals surface area contributed by atoms with Gasteiger partial charge >= 0.3 is 0 Å². The standard InChI is InChI=1S/C9H18S/c1-4-8(3)6-10-7-9(10)5-2/h4,8-10H,1,5-7H2,2-3H3. The van der Waals surface area contributed by atoms with Gasteiger partial charge in [-0.15, -0.1) is 6.58 Å². The molecular weight excluding hydrogens is 140 g/mol. The molecule has 3 unspecified atom stereocenters. The third kappa shape index (κ3) is 2.05. The fourth-order valence-electron chi connectivity index (χ4n) is 1.28. The Kier molecular flexibility index (Phi) is 2.84. The first-order valence-electron chi connectivity index (χ1n) is 4.14. The fourth-order valence-corrected chi connectivity index (χ4v) is 4.18. The molecule has 1 heterocycles. The normalized spacial score (nSPS) is 37.0. The van der Waals surface area contributed by atoms with E-state index in [1.807, 2.05) is 0 Å². The topological polar surface area (TPSA) is 0 Å². The summed E-state index contributed by atoms with van der Waals surface area (Å²) in [6.07, 6.45) is 3.50. The Morgan fingerprint density at radius 2 is 2.50 bits per heavy atom. The van der Waals surface area contributed by atoms with Crippen molar-refractivity contribution in [1.29, 1.82) is 0 Å².